The second-order valence-electron chi connectivity index (χ2n) is 5.48. The van der Waals surface area contributed by atoms with Crippen LogP contribution in [0.2, 0.25) is 0 Å². The van der Waals surface area contributed by atoms with Gasteiger partial charge in [0.1, 0.15) is 0 Å². The van der Waals surface area contributed by atoms with E-state index in [1.54, 1.807) is 0 Å². The monoisotopic (exact) mass is 317 g/mol. The van der Waals surface area contributed by atoms with E-state index in [0.29, 0.717) is 17.0 Å². The zero-order chi connectivity index (χ0) is 15.5. The summed E-state index contributed by atoms with van der Waals surface area (Å²) in [7, 11) is 0. The number of carbonyl (C=O) groups is 1. The summed E-state index contributed by atoms with van der Waals surface area (Å²) < 4.78 is 5.54. The lowest BCUT2D eigenvalue weighted by molar-refractivity contribution is -0.113. The molecule has 6 heteroatoms. The number of benzene rings is 1. The maximum Gasteiger partial charge on any atom is 0.277 e. The first-order valence-corrected chi connectivity index (χ1v) is 8.50. The number of thioether (sulfide) groups is 1. The summed E-state index contributed by atoms with van der Waals surface area (Å²) in [6.07, 6.45) is 3.14. The molecule has 0 radical (unpaired) electrons. The standard InChI is InChI=1S/C16H19N3O2S/c1-3-11-6-4-5-10(2)14(11)17-13(20)9-22-16-19-18-15(21-16)12-7-8-12/h4-6,12H,3,7-9H2,1-2H3,(H,17,20). The van der Waals surface area contributed by atoms with Crippen molar-refractivity contribution < 1.29 is 9.21 Å². The molecule has 1 aliphatic carbocycles. The van der Waals surface area contributed by atoms with Gasteiger partial charge in [-0.2, -0.15) is 0 Å². The van der Waals surface area contributed by atoms with Gasteiger partial charge in [0, 0.05) is 11.6 Å². The second kappa shape index (κ2) is 6.52. The molecule has 1 heterocycles. The smallest absolute Gasteiger partial charge is 0.277 e. The highest BCUT2D eigenvalue weighted by molar-refractivity contribution is 7.99. The van der Waals surface area contributed by atoms with Gasteiger partial charge in [0.05, 0.1) is 5.75 Å². The van der Waals surface area contributed by atoms with Crippen molar-refractivity contribution in [2.75, 3.05) is 11.1 Å². The molecule has 1 saturated carbocycles. The summed E-state index contributed by atoms with van der Waals surface area (Å²) in [5.41, 5.74) is 3.14. The number of hydrogen-bond acceptors (Lipinski definition) is 5. The summed E-state index contributed by atoms with van der Waals surface area (Å²) >= 11 is 1.28. The van der Waals surface area contributed by atoms with Crippen molar-refractivity contribution in [1.29, 1.82) is 0 Å². The Kier molecular flexibility index (Phi) is 4.47. The second-order valence-corrected chi connectivity index (χ2v) is 6.41. The summed E-state index contributed by atoms with van der Waals surface area (Å²) in [6, 6.07) is 6.05. The van der Waals surface area contributed by atoms with E-state index in [9.17, 15) is 4.79 Å². The molecule has 0 atom stereocenters. The van der Waals surface area contributed by atoms with Gasteiger partial charge < -0.3 is 9.73 Å². The molecule has 116 valence electrons. The van der Waals surface area contributed by atoms with E-state index in [4.69, 9.17) is 4.42 Å². The lowest BCUT2D eigenvalue weighted by Crippen LogP contribution is -2.16. The minimum Gasteiger partial charge on any atom is -0.416 e. The largest absolute Gasteiger partial charge is 0.416 e. The lowest BCUT2D eigenvalue weighted by atomic mass is 10.1. The zero-order valence-electron chi connectivity index (χ0n) is 12.8. The SMILES string of the molecule is CCc1cccc(C)c1NC(=O)CSc1nnc(C2CC2)o1. The van der Waals surface area contributed by atoms with Crippen LogP contribution in [0.25, 0.3) is 0 Å². The van der Waals surface area contributed by atoms with Crippen molar-refractivity contribution in [3.63, 3.8) is 0 Å². The van der Waals surface area contributed by atoms with Crippen LogP contribution in [0.5, 0.6) is 0 Å². The number of amides is 1. The van der Waals surface area contributed by atoms with E-state index in [2.05, 4.69) is 22.4 Å². The van der Waals surface area contributed by atoms with Crippen LogP contribution in [0.3, 0.4) is 0 Å². The Morgan fingerprint density at radius 2 is 2.23 bits per heavy atom. The Morgan fingerprint density at radius 1 is 1.41 bits per heavy atom. The molecule has 0 saturated heterocycles. The van der Waals surface area contributed by atoms with Crippen LogP contribution in [0.1, 0.15) is 42.7 Å². The van der Waals surface area contributed by atoms with Crippen molar-refractivity contribution in [3.8, 4) is 0 Å². The molecule has 1 amide bonds. The van der Waals surface area contributed by atoms with Crippen LogP contribution in [0, 0.1) is 6.92 Å². The van der Waals surface area contributed by atoms with Gasteiger partial charge in [-0.3, -0.25) is 4.79 Å². The normalized spacial score (nSPS) is 14.1. The average Bonchev–Trinajstić information content (AvgIpc) is 3.26. The maximum absolute atomic E-state index is 12.1. The molecule has 1 fully saturated rings. The van der Waals surface area contributed by atoms with Crippen LogP contribution >= 0.6 is 11.8 Å². The van der Waals surface area contributed by atoms with Crippen LogP contribution < -0.4 is 5.32 Å². The van der Waals surface area contributed by atoms with E-state index >= 15 is 0 Å². The molecule has 0 aliphatic heterocycles. The van der Waals surface area contributed by atoms with Gasteiger partial charge in [-0.25, -0.2) is 0 Å². The van der Waals surface area contributed by atoms with Gasteiger partial charge in [0.25, 0.3) is 5.22 Å². The maximum atomic E-state index is 12.1. The third-order valence-electron chi connectivity index (χ3n) is 3.68. The van der Waals surface area contributed by atoms with Gasteiger partial charge in [0.15, 0.2) is 0 Å². The number of aromatic nitrogens is 2. The van der Waals surface area contributed by atoms with Gasteiger partial charge in [-0.1, -0.05) is 36.9 Å². The predicted octanol–water partition coefficient (Wildman–Crippen LogP) is 3.55. The van der Waals surface area contributed by atoms with Gasteiger partial charge in [0.2, 0.25) is 11.8 Å². The summed E-state index contributed by atoms with van der Waals surface area (Å²) in [5.74, 6) is 1.36. The Bertz CT molecular complexity index is 680. The summed E-state index contributed by atoms with van der Waals surface area (Å²) in [6.45, 7) is 4.08. The highest BCUT2D eigenvalue weighted by Gasteiger charge is 2.29. The molecular weight excluding hydrogens is 298 g/mol. The first-order valence-electron chi connectivity index (χ1n) is 7.52. The first-order chi connectivity index (χ1) is 10.7. The number of aryl methyl sites for hydroxylation is 2. The van der Waals surface area contributed by atoms with Gasteiger partial charge in [-0.05, 0) is 37.3 Å². The minimum atomic E-state index is -0.0554. The molecule has 1 N–H and O–H groups in total. The van der Waals surface area contributed by atoms with Gasteiger partial charge in [-0.15, -0.1) is 10.2 Å². The minimum absolute atomic E-state index is 0.0554. The van der Waals surface area contributed by atoms with Crippen molar-refractivity contribution in [1.82, 2.24) is 10.2 Å². The van der Waals surface area contributed by atoms with Crippen LogP contribution in [0.15, 0.2) is 27.8 Å². The zero-order valence-corrected chi connectivity index (χ0v) is 13.6. The van der Waals surface area contributed by atoms with Gasteiger partial charge >= 0.3 is 0 Å². The first kappa shape index (κ1) is 15.1. The van der Waals surface area contributed by atoms with Crippen LogP contribution in [0.4, 0.5) is 5.69 Å². The fourth-order valence-electron chi connectivity index (χ4n) is 2.28. The number of para-hydroxylation sites is 1. The Morgan fingerprint density at radius 3 is 2.95 bits per heavy atom. The number of rotatable bonds is 6. The molecule has 0 unspecified atom stereocenters. The molecule has 0 spiro atoms. The molecule has 0 bridgehead atoms. The van der Waals surface area contributed by atoms with Crippen molar-refractivity contribution in [3.05, 3.63) is 35.2 Å². The Hall–Kier alpha value is -1.82. The predicted molar refractivity (Wildman–Crippen MR) is 86.2 cm³/mol. The van der Waals surface area contributed by atoms with Crippen molar-refractivity contribution in [2.24, 2.45) is 0 Å². The molecular formula is C16H19N3O2S. The molecule has 2 aromatic rings. The molecule has 3 rings (SSSR count). The number of hydrogen-bond donors (Lipinski definition) is 1. The van der Waals surface area contributed by atoms with E-state index < -0.39 is 0 Å². The highest BCUT2D eigenvalue weighted by Crippen LogP contribution is 2.39. The fourth-order valence-corrected chi connectivity index (χ4v) is 2.85. The quantitative estimate of drug-likeness (QED) is 0.825. The average molecular weight is 317 g/mol. The summed E-state index contributed by atoms with van der Waals surface area (Å²) in [4.78, 5) is 12.1. The number of nitrogens with zero attached hydrogens (tertiary/aromatic N) is 2. The molecule has 1 aliphatic rings. The van der Waals surface area contributed by atoms with Crippen LogP contribution in [-0.4, -0.2) is 21.9 Å². The third-order valence-corrected chi connectivity index (χ3v) is 4.50. The van der Waals surface area contributed by atoms with E-state index in [0.717, 1.165) is 36.1 Å². The number of anilines is 1. The molecule has 1 aromatic heterocycles. The Labute approximate surface area is 133 Å². The number of carbonyl (C=O) groups excluding carboxylic acids is 1. The van der Waals surface area contributed by atoms with Crippen molar-refractivity contribution in [2.45, 2.75) is 44.3 Å². The molecule has 5 nitrogen and oxygen atoms in total. The Balaban J connectivity index is 1.58. The third kappa shape index (κ3) is 3.50. The summed E-state index contributed by atoms with van der Waals surface area (Å²) in [5, 5.41) is 11.4. The van der Waals surface area contributed by atoms with Crippen LogP contribution in [-0.2, 0) is 11.2 Å². The van der Waals surface area contributed by atoms with E-state index in [1.165, 1.54) is 11.8 Å². The van der Waals surface area contributed by atoms with Crippen molar-refractivity contribution >= 4 is 23.4 Å². The number of nitrogens with one attached hydrogen (secondary N) is 1. The highest BCUT2D eigenvalue weighted by atomic mass is 32.2. The van der Waals surface area contributed by atoms with E-state index in [1.807, 2.05) is 25.1 Å². The molecule has 1 aromatic carbocycles. The lowest BCUT2D eigenvalue weighted by Gasteiger charge is -2.12. The molecule has 22 heavy (non-hydrogen) atoms. The fraction of sp³-hybridized carbons (Fsp3) is 0.438. The van der Waals surface area contributed by atoms with E-state index in [-0.39, 0.29) is 11.7 Å². The topological polar surface area (TPSA) is 68.0 Å².